The van der Waals surface area contributed by atoms with E-state index in [9.17, 15) is 10.2 Å². The van der Waals surface area contributed by atoms with Crippen molar-refractivity contribution in [2.75, 3.05) is 6.54 Å². The molecule has 3 nitrogen and oxygen atoms in total. The monoisotopic (exact) mass is 219 g/mol. The molecule has 3 rings (SSSR count). The summed E-state index contributed by atoms with van der Waals surface area (Å²) in [4.78, 5) is 0. The van der Waals surface area contributed by atoms with E-state index in [-0.39, 0.29) is 16.9 Å². The summed E-state index contributed by atoms with van der Waals surface area (Å²) >= 11 is 0. The standard InChI is InChI=1S/C13H17NO2/c15-10-4-3-9(8-11(10)16)13(5-6-13)12-2-1-7-14-12/h3-4,8,12,14-16H,1-2,5-7H2. The van der Waals surface area contributed by atoms with Crippen molar-refractivity contribution >= 4 is 0 Å². The highest BCUT2D eigenvalue weighted by Gasteiger charge is 2.51. The molecule has 1 atom stereocenters. The maximum atomic E-state index is 9.56. The first-order chi connectivity index (χ1) is 7.72. The number of hydrogen-bond donors (Lipinski definition) is 3. The molecule has 0 spiro atoms. The molecule has 0 radical (unpaired) electrons. The molecule has 1 aliphatic carbocycles. The smallest absolute Gasteiger partial charge is 0.157 e. The van der Waals surface area contributed by atoms with Gasteiger partial charge in [-0.05, 0) is 49.9 Å². The Hall–Kier alpha value is -1.22. The minimum absolute atomic E-state index is 0.00164. The molecule has 1 aromatic carbocycles. The van der Waals surface area contributed by atoms with Gasteiger partial charge in [0.15, 0.2) is 11.5 Å². The predicted molar refractivity (Wildman–Crippen MR) is 61.7 cm³/mol. The van der Waals surface area contributed by atoms with Gasteiger partial charge >= 0.3 is 0 Å². The van der Waals surface area contributed by atoms with Crippen LogP contribution in [0.15, 0.2) is 18.2 Å². The van der Waals surface area contributed by atoms with Gasteiger partial charge in [0.05, 0.1) is 0 Å². The van der Waals surface area contributed by atoms with Gasteiger partial charge in [0.1, 0.15) is 0 Å². The Morgan fingerprint density at radius 3 is 2.56 bits per heavy atom. The lowest BCUT2D eigenvalue weighted by atomic mass is 9.87. The summed E-state index contributed by atoms with van der Waals surface area (Å²) in [5.74, 6) is -0.0271. The average molecular weight is 219 g/mol. The molecule has 0 amide bonds. The number of phenols is 2. The van der Waals surface area contributed by atoms with Crippen LogP contribution in [0.25, 0.3) is 0 Å². The van der Waals surface area contributed by atoms with Crippen LogP contribution in [0.2, 0.25) is 0 Å². The van der Waals surface area contributed by atoms with E-state index in [4.69, 9.17) is 0 Å². The Kier molecular flexibility index (Phi) is 2.11. The Bertz CT molecular complexity index is 406. The van der Waals surface area contributed by atoms with Crippen molar-refractivity contribution < 1.29 is 10.2 Å². The topological polar surface area (TPSA) is 52.5 Å². The number of phenolic OH excluding ortho intramolecular Hbond substituents is 2. The first-order valence-corrected chi connectivity index (χ1v) is 5.98. The predicted octanol–water partition coefficient (Wildman–Crippen LogP) is 1.88. The van der Waals surface area contributed by atoms with Crippen molar-refractivity contribution in [2.24, 2.45) is 0 Å². The van der Waals surface area contributed by atoms with Crippen LogP contribution >= 0.6 is 0 Å². The van der Waals surface area contributed by atoms with Crippen LogP contribution in [0.1, 0.15) is 31.2 Å². The zero-order valence-corrected chi connectivity index (χ0v) is 9.24. The lowest BCUT2D eigenvalue weighted by Gasteiger charge is -2.23. The SMILES string of the molecule is Oc1ccc(C2(C3CCCN3)CC2)cc1O. The summed E-state index contributed by atoms with van der Waals surface area (Å²) in [5, 5.41) is 22.4. The van der Waals surface area contributed by atoms with Crippen molar-refractivity contribution in [2.45, 2.75) is 37.1 Å². The molecule has 0 bridgehead atoms. The Balaban J connectivity index is 1.93. The van der Waals surface area contributed by atoms with Gasteiger partial charge in [-0.1, -0.05) is 6.07 Å². The molecule has 1 aliphatic heterocycles. The van der Waals surface area contributed by atoms with Gasteiger partial charge < -0.3 is 15.5 Å². The minimum atomic E-state index is -0.0288. The third-order valence-electron chi connectivity index (χ3n) is 4.07. The van der Waals surface area contributed by atoms with Gasteiger partial charge in [-0.2, -0.15) is 0 Å². The number of hydrogen-bond acceptors (Lipinski definition) is 3. The lowest BCUT2D eigenvalue weighted by molar-refractivity contribution is 0.400. The summed E-state index contributed by atoms with van der Waals surface area (Å²) in [6.45, 7) is 1.11. The Morgan fingerprint density at radius 1 is 1.19 bits per heavy atom. The van der Waals surface area contributed by atoms with Crippen molar-refractivity contribution in [3.8, 4) is 11.5 Å². The van der Waals surface area contributed by atoms with Crippen LogP contribution in [0.3, 0.4) is 0 Å². The fourth-order valence-electron chi connectivity index (χ4n) is 2.96. The molecule has 1 heterocycles. The van der Waals surface area contributed by atoms with E-state index in [0.717, 1.165) is 6.54 Å². The molecular formula is C13H17NO2. The van der Waals surface area contributed by atoms with Crippen LogP contribution in [0.4, 0.5) is 0 Å². The molecule has 3 heteroatoms. The van der Waals surface area contributed by atoms with Crippen molar-refractivity contribution in [3.63, 3.8) is 0 Å². The number of aromatic hydroxyl groups is 2. The first-order valence-electron chi connectivity index (χ1n) is 5.98. The third-order valence-corrected chi connectivity index (χ3v) is 4.07. The van der Waals surface area contributed by atoms with Gasteiger partial charge in [-0.3, -0.25) is 0 Å². The molecule has 2 aliphatic rings. The molecule has 2 fully saturated rings. The van der Waals surface area contributed by atoms with Crippen LogP contribution < -0.4 is 5.32 Å². The second-order valence-electron chi connectivity index (χ2n) is 5.01. The van der Waals surface area contributed by atoms with E-state index in [1.165, 1.54) is 31.2 Å². The van der Waals surface area contributed by atoms with Gasteiger partial charge in [-0.25, -0.2) is 0 Å². The minimum Gasteiger partial charge on any atom is -0.504 e. The van der Waals surface area contributed by atoms with Crippen molar-refractivity contribution in [1.82, 2.24) is 5.32 Å². The molecular weight excluding hydrogens is 202 g/mol. The largest absolute Gasteiger partial charge is 0.504 e. The molecule has 1 unspecified atom stereocenters. The molecule has 1 saturated carbocycles. The van der Waals surface area contributed by atoms with E-state index in [0.29, 0.717) is 6.04 Å². The summed E-state index contributed by atoms with van der Waals surface area (Å²) in [7, 11) is 0. The van der Waals surface area contributed by atoms with Crippen molar-refractivity contribution in [3.05, 3.63) is 23.8 Å². The molecule has 86 valence electrons. The molecule has 3 N–H and O–H groups in total. The van der Waals surface area contributed by atoms with Crippen molar-refractivity contribution in [1.29, 1.82) is 0 Å². The lowest BCUT2D eigenvalue weighted by Crippen LogP contribution is -2.34. The van der Waals surface area contributed by atoms with E-state index in [1.54, 1.807) is 12.1 Å². The molecule has 0 aromatic heterocycles. The number of nitrogens with one attached hydrogen (secondary N) is 1. The van der Waals surface area contributed by atoms with Crippen LogP contribution in [0.5, 0.6) is 11.5 Å². The maximum absolute atomic E-state index is 9.56. The molecule has 1 saturated heterocycles. The summed E-state index contributed by atoms with van der Waals surface area (Å²) in [5.41, 5.74) is 1.39. The zero-order chi connectivity index (χ0) is 11.2. The van der Waals surface area contributed by atoms with Crippen LogP contribution in [0, 0.1) is 0 Å². The highest BCUT2D eigenvalue weighted by molar-refractivity contribution is 5.46. The Labute approximate surface area is 95.1 Å². The second kappa shape index (κ2) is 3.39. The normalized spacial score (nSPS) is 26.9. The quantitative estimate of drug-likeness (QED) is 0.666. The number of rotatable bonds is 2. The average Bonchev–Trinajstić information content (AvgIpc) is 2.90. The zero-order valence-electron chi connectivity index (χ0n) is 9.24. The summed E-state index contributed by atoms with van der Waals surface area (Å²) in [6, 6.07) is 5.82. The highest BCUT2D eigenvalue weighted by Crippen LogP contribution is 2.53. The van der Waals surface area contributed by atoms with Gasteiger partial charge in [-0.15, -0.1) is 0 Å². The summed E-state index contributed by atoms with van der Waals surface area (Å²) < 4.78 is 0. The fourth-order valence-corrected chi connectivity index (χ4v) is 2.96. The van der Waals surface area contributed by atoms with Crippen LogP contribution in [-0.4, -0.2) is 22.8 Å². The van der Waals surface area contributed by atoms with Crippen LogP contribution in [-0.2, 0) is 5.41 Å². The van der Waals surface area contributed by atoms with E-state index in [2.05, 4.69) is 5.32 Å². The fraction of sp³-hybridized carbons (Fsp3) is 0.538. The van der Waals surface area contributed by atoms with E-state index >= 15 is 0 Å². The molecule has 16 heavy (non-hydrogen) atoms. The van der Waals surface area contributed by atoms with Gasteiger partial charge in [0.25, 0.3) is 0 Å². The van der Waals surface area contributed by atoms with Gasteiger partial charge in [0, 0.05) is 11.5 Å². The number of benzene rings is 1. The van der Waals surface area contributed by atoms with E-state index in [1.807, 2.05) is 6.07 Å². The summed E-state index contributed by atoms with van der Waals surface area (Å²) in [6.07, 6.45) is 4.85. The molecule has 1 aromatic rings. The highest BCUT2D eigenvalue weighted by atomic mass is 16.3. The van der Waals surface area contributed by atoms with Gasteiger partial charge in [0.2, 0.25) is 0 Å². The Morgan fingerprint density at radius 2 is 2.00 bits per heavy atom. The first kappa shape index (κ1) is 9.97. The van der Waals surface area contributed by atoms with E-state index < -0.39 is 0 Å². The maximum Gasteiger partial charge on any atom is 0.157 e. The third kappa shape index (κ3) is 1.39. The second-order valence-corrected chi connectivity index (χ2v) is 5.01.